The van der Waals surface area contributed by atoms with Gasteiger partial charge in [0.25, 0.3) is 11.6 Å². The van der Waals surface area contributed by atoms with Crippen molar-refractivity contribution >= 4 is 27.5 Å². The van der Waals surface area contributed by atoms with Crippen LogP contribution < -0.4 is 0 Å². The number of nitrogens with zero attached hydrogens (tertiary/aromatic N) is 2. The van der Waals surface area contributed by atoms with Crippen LogP contribution in [0, 0.1) is 23.0 Å². The van der Waals surface area contributed by atoms with Gasteiger partial charge in [0.05, 0.1) is 4.92 Å². The molecule has 1 amide bonds. The SMILES string of the molecule is Cc1c(C(=O)N2CCC(CBr)CC2)cccc1[N+](=O)[O-]. The van der Waals surface area contributed by atoms with Crippen LogP contribution in [0.25, 0.3) is 0 Å². The van der Waals surface area contributed by atoms with Crippen LogP contribution in [0.15, 0.2) is 18.2 Å². The number of halogens is 1. The molecule has 1 fully saturated rings. The van der Waals surface area contributed by atoms with E-state index < -0.39 is 4.92 Å². The standard InChI is InChI=1S/C14H17BrN2O3/c1-10-12(3-2-4-13(10)17(19)20)14(18)16-7-5-11(9-15)6-8-16/h2-4,11H,5-9H2,1H3. The van der Waals surface area contributed by atoms with Gasteiger partial charge < -0.3 is 4.90 Å². The molecule has 1 aromatic carbocycles. The second-order valence-corrected chi connectivity index (χ2v) is 5.74. The molecule has 6 heteroatoms. The van der Waals surface area contributed by atoms with Crippen LogP contribution in [0.4, 0.5) is 5.69 Å². The van der Waals surface area contributed by atoms with E-state index in [1.807, 2.05) is 0 Å². The lowest BCUT2D eigenvalue weighted by atomic mass is 9.97. The van der Waals surface area contributed by atoms with Crippen molar-refractivity contribution in [1.82, 2.24) is 4.90 Å². The summed E-state index contributed by atoms with van der Waals surface area (Å²) in [6.45, 7) is 3.07. The molecular weight excluding hydrogens is 324 g/mol. The first-order valence-corrected chi connectivity index (χ1v) is 7.76. The van der Waals surface area contributed by atoms with Gasteiger partial charge in [-0.25, -0.2) is 0 Å². The van der Waals surface area contributed by atoms with Crippen molar-refractivity contribution in [2.24, 2.45) is 5.92 Å². The Kier molecular flexibility index (Phi) is 4.75. The summed E-state index contributed by atoms with van der Waals surface area (Å²) >= 11 is 3.47. The van der Waals surface area contributed by atoms with Crippen LogP contribution in [0.2, 0.25) is 0 Å². The van der Waals surface area contributed by atoms with Crippen LogP contribution in [0.3, 0.4) is 0 Å². The van der Waals surface area contributed by atoms with Gasteiger partial charge in [-0.2, -0.15) is 0 Å². The molecule has 0 unspecified atom stereocenters. The summed E-state index contributed by atoms with van der Waals surface area (Å²) in [6, 6.07) is 4.67. The minimum atomic E-state index is -0.441. The molecule has 1 aromatic rings. The topological polar surface area (TPSA) is 63.5 Å². The number of piperidine rings is 1. The lowest BCUT2D eigenvalue weighted by molar-refractivity contribution is -0.385. The number of nitro benzene ring substituents is 1. The summed E-state index contributed by atoms with van der Waals surface area (Å²) in [6.07, 6.45) is 1.95. The molecule has 1 heterocycles. The highest BCUT2D eigenvalue weighted by Crippen LogP contribution is 2.25. The minimum absolute atomic E-state index is 0.00574. The predicted molar refractivity (Wildman–Crippen MR) is 80.3 cm³/mol. The summed E-state index contributed by atoms with van der Waals surface area (Å²) in [5, 5.41) is 11.9. The first kappa shape index (κ1) is 15.0. The summed E-state index contributed by atoms with van der Waals surface area (Å²) in [7, 11) is 0. The maximum absolute atomic E-state index is 12.5. The van der Waals surface area contributed by atoms with Crippen LogP contribution >= 0.6 is 15.9 Å². The Morgan fingerprint density at radius 3 is 2.65 bits per heavy atom. The Bertz CT molecular complexity index is 525. The molecule has 0 radical (unpaired) electrons. The van der Waals surface area contributed by atoms with Gasteiger partial charge in [-0.3, -0.25) is 14.9 Å². The van der Waals surface area contributed by atoms with Crippen molar-refractivity contribution in [2.45, 2.75) is 19.8 Å². The zero-order valence-electron chi connectivity index (χ0n) is 11.3. The first-order chi connectivity index (χ1) is 9.54. The largest absolute Gasteiger partial charge is 0.339 e. The van der Waals surface area contributed by atoms with Gasteiger partial charge in [-0.15, -0.1) is 0 Å². The third kappa shape index (κ3) is 3.00. The van der Waals surface area contributed by atoms with E-state index in [0.717, 1.165) is 31.3 Å². The van der Waals surface area contributed by atoms with E-state index >= 15 is 0 Å². The lowest BCUT2D eigenvalue weighted by Gasteiger charge is -2.31. The van der Waals surface area contributed by atoms with Gasteiger partial charge in [-0.05, 0) is 31.7 Å². The van der Waals surface area contributed by atoms with Gasteiger partial charge in [0, 0.05) is 35.6 Å². The van der Waals surface area contributed by atoms with Crippen molar-refractivity contribution < 1.29 is 9.72 Å². The zero-order chi connectivity index (χ0) is 14.7. The summed E-state index contributed by atoms with van der Waals surface area (Å²) in [4.78, 5) is 24.8. The molecule has 0 aromatic heterocycles. The molecule has 0 bridgehead atoms. The first-order valence-electron chi connectivity index (χ1n) is 6.63. The third-order valence-corrected chi connectivity index (χ3v) is 4.77. The molecule has 1 aliphatic rings. The van der Waals surface area contributed by atoms with Gasteiger partial charge in [0.2, 0.25) is 0 Å². The van der Waals surface area contributed by atoms with Crippen molar-refractivity contribution in [2.75, 3.05) is 18.4 Å². The van der Waals surface area contributed by atoms with E-state index in [1.165, 1.54) is 6.07 Å². The molecule has 5 nitrogen and oxygen atoms in total. The smallest absolute Gasteiger partial charge is 0.273 e. The molecule has 20 heavy (non-hydrogen) atoms. The van der Waals surface area contributed by atoms with E-state index in [0.29, 0.717) is 17.0 Å². The molecule has 0 spiro atoms. The fourth-order valence-electron chi connectivity index (χ4n) is 2.51. The number of likely N-dealkylation sites (tertiary alicyclic amines) is 1. The number of carbonyl (C=O) groups excluding carboxylic acids is 1. The molecule has 0 N–H and O–H groups in total. The summed E-state index contributed by atoms with van der Waals surface area (Å²) in [5.74, 6) is 0.518. The Morgan fingerprint density at radius 1 is 1.45 bits per heavy atom. The van der Waals surface area contributed by atoms with Gasteiger partial charge in [0.1, 0.15) is 0 Å². The second-order valence-electron chi connectivity index (χ2n) is 5.10. The third-order valence-electron chi connectivity index (χ3n) is 3.85. The normalized spacial score (nSPS) is 16.2. The summed E-state index contributed by atoms with van der Waals surface area (Å²) < 4.78 is 0. The number of rotatable bonds is 3. The number of carbonyl (C=O) groups is 1. The second kappa shape index (κ2) is 6.35. The Hall–Kier alpha value is -1.43. The van der Waals surface area contributed by atoms with E-state index in [-0.39, 0.29) is 11.6 Å². The van der Waals surface area contributed by atoms with Crippen LogP contribution in [-0.4, -0.2) is 34.2 Å². The number of hydrogen-bond acceptors (Lipinski definition) is 3. The van der Waals surface area contributed by atoms with E-state index in [1.54, 1.807) is 24.0 Å². The van der Waals surface area contributed by atoms with Crippen molar-refractivity contribution in [3.63, 3.8) is 0 Å². The van der Waals surface area contributed by atoms with E-state index in [9.17, 15) is 14.9 Å². The summed E-state index contributed by atoms with van der Waals surface area (Å²) in [5.41, 5.74) is 0.896. The molecule has 1 saturated heterocycles. The van der Waals surface area contributed by atoms with E-state index in [4.69, 9.17) is 0 Å². The molecule has 108 valence electrons. The maximum atomic E-state index is 12.5. The predicted octanol–water partition coefficient (Wildman–Crippen LogP) is 3.15. The molecular formula is C14H17BrN2O3. The Balaban J connectivity index is 2.18. The fourth-order valence-corrected chi connectivity index (χ4v) is 3.16. The van der Waals surface area contributed by atoms with Crippen LogP contribution in [-0.2, 0) is 0 Å². The fraction of sp³-hybridized carbons (Fsp3) is 0.500. The van der Waals surface area contributed by atoms with Crippen molar-refractivity contribution in [3.8, 4) is 0 Å². The number of benzene rings is 1. The average Bonchev–Trinajstić information content (AvgIpc) is 2.46. The highest BCUT2D eigenvalue weighted by molar-refractivity contribution is 9.09. The average molecular weight is 341 g/mol. The van der Waals surface area contributed by atoms with Gasteiger partial charge in [0.15, 0.2) is 0 Å². The van der Waals surface area contributed by atoms with Crippen molar-refractivity contribution in [1.29, 1.82) is 0 Å². The number of alkyl halides is 1. The van der Waals surface area contributed by atoms with Crippen LogP contribution in [0.1, 0.15) is 28.8 Å². The zero-order valence-corrected chi connectivity index (χ0v) is 12.9. The van der Waals surface area contributed by atoms with Crippen molar-refractivity contribution in [3.05, 3.63) is 39.4 Å². The molecule has 0 aliphatic carbocycles. The van der Waals surface area contributed by atoms with Gasteiger partial charge >= 0.3 is 0 Å². The highest BCUT2D eigenvalue weighted by atomic mass is 79.9. The monoisotopic (exact) mass is 340 g/mol. The minimum Gasteiger partial charge on any atom is -0.339 e. The van der Waals surface area contributed by atoms with E-state index in [2.05, 4.69) is 15.9 Å². The Labute approximate surface area is 126 Å². The van der Waals surface area contributed by atoms with Gasteiger partial charge in [-0.1, -0.05) is 22.0 Å². The number of hydrogen-bond donors (Lipinski definition) is 0. The quantitative estimate of drug-likeness (QED) is 0.482. The maximum Gasteiger partial charge on any atom is 0.273 e. The highest BCUT2D eigenvalue weighted by Gasteiger charge is 2.26. The van der Waals surface area contributed by atoms with Crippen LogP contribution in [0.5, 0.6) is 0 Å². The number of amides is 1. The number of nitro groups is 1. The molecule has 2 rings (SSSR count). The lowest BCUT2D eigenvalue weighted by Crippen LogP contribution is -2.39. The molecule has 0 saturated carbocycles. The Morgan fingerprint density at radius 2 is 2.10 bits per heavy atom. The molecule has 0 atom stereocenters. The molecule has 1 aliphatic heterocycles.